The Bertz CT molecular complexity index is 349. The van der Waals surface area contributed by atoms with Gasteiger partial charge in [-0.1, -0.05) is 12.2 Å². The number of aromatic nitrogens is 2. The Hall–Kier alpha value is -1.42. The molecule has 0 aromatic carbocycles. The van der Waals surface area contributed by atoms with E-state index in [4.69, 9.17) is 0 Å². The Balaban J connectivity index is 2.83. The first-order valence-corrected chi connectivity index (χ1v) is 5.52. The predicted octanol–water partition coefficient (Wildman–Crippen LogP) is 1.60. The molecule has 4 nitrogen and oxygen atoms in total. The van der Waals surface area contributed by atoms with Gasteiger partial charge in [-0.05, 0) is 20.9 Å². The average Bonchev–Trinajstić information content (AvgIpc) is 2.26. The van der Waals surface area contributed by atoms with Crippen molar-refractivity contribution in [3.05, 3.63) is 30.2 Å². The third-order valence-corrected chi connectivity index (χ3v) is 2.20. The number of nitrogens with zero attached hydrogens (tertiary/aromatic N) is 3. The molecule has 88 valence electrons. The van der Waals surface area contributed by atoms with Gasteiger partial charge < -0.3 is 10.2 Å². The van der Waals surface area contributed by atoms with E-state index in [1.54, 1.807) is 12.4 Å². The zero-order valence-electron chi connectivity index (χ0n) is 10.3. The van der Waals surface area contributed by atoms with Crippen LogP contribution < -0.4 is 10.2 Å². The van der Waals surface area contributed by atoms with E-state index in [2.05, 4.69) is 33.7 Å². The summed E-state index contributed by atoms with van der Waals surface area (Å²) < 4.78 is 0. The smallest absolute Gasteiger partial charge is 0.147 e. The van der Waals surface area contributed by atoms with Gasteiger partial charge in [0.15, 0.2) is 0 Å². The van der Waals surface area contributed by atoms with Crippen molar-refractivity contribution < 1.29 is 0 Å². The van der Waals surface area contributed by atoms with Crippen LogP contribution in [0.5, 0.6) is 0 Å². The lowest BCUT2D eigenvalue weighted by molar-refractivity contribution is 0.771. The minimum Gasteiger partial charge on any atom is -0.352 e. The third-order valence-electron chi connectivity index (χ3n) is 2.20. The van der Waals surface area contributed by atoms with Crippen LogP contribution in [-0.2, 0) is 6.54 Å². The molecule has 0 unspecified atom stereocenters. The Morgan fingerprint density at radius 1 is 1.50 bits per heavy atom. The van der Waals surface area contributed by atoms with E-state index < -0.39 is 0 Å². The highest BCUT2D eigenvalue weighted by Gasteiger charge is 2.06. The Morgan fingerprint density at radius 3 is 2.81 bits per heavy atom. The van der Waals surface area contributed by atoms with Crippen molar-refractivity contribution in [3.63, 3.8) is 0 Å². The van der Waals surface area contributed by atoms with Crippen molar-refractivity contribution in [2.75, 3.05) is 25.0 Å². The first-order chi connectivity index (χ1) is 7.67. The SMILES string of the molecule is C=C(C)CN(CC)c1cncc(CNC)n1. The molecule has 0 fully saturated rings. The maximum Gasteiger partial charge on any atom is 0.147 e. The molecule has 0 saturated heterocycles. The highest BCUT2D eigenvalue weighted by Crippen LogP contribution is 2.10. The van der Waals surface area contributed by atoms with Crippen molar-refractivity contribution in [2.24, 2.45) is 0 Å². The molecule has 1 heterocycles. The molecule has 1 rings (SSSR count). The van der Waals surface area contributed by atoms with Crippen LogP contribution in [-0.4, -0.2) is 30.1 Å². The topological polar surface area (TPSA) is 41.1 Å². The van der Waals surface area contributed by atoms with Gasteiger partial charge in [-0.3, -0.25) is 4.98 Å². The molecule has 0 spiro atoms. The largest absolute Gasteiger partial charge is 0.352 e. The minimum atomic E-state index is 0.742. The summed E-state index contributed by atoms with van der Waals surface area (Å²) in [4.78, 5) is 10.9. The number of rotatable bonds is 6. The molecule has 1 aromatic rings. The fraction of sp³-hybridized carbons (Fsp3) is 0.500. The normalized spacial score (nSPS) is 10.2. The van der Waals surface area contributed by atoms with Crippen LogP contribution >= 0.6 is 0 Å². The van der Waals surface area contributed by atoms with Gasteiger partial charge in [-0.2, -0.15) is 0 Å². The van der Waals surface area contributed by atoms with Crippen LogP contribution in [0.4, 0.5) is 5.82 Å². The second kappa shape index (κ2) is 6.23. The molecule has 0 radical (unpaired) electrons. The lowest BCUT2D eigenvalue weighted by atomic mass is 10.3. The highest BCUT2D eigenvalue weighted by atomic mass is 15.2. The standard InChI is InChI=1S/C12H20N4/c1-5-16(9-10(2)3)12-8-14-7-11(15-12)6-13-4/h7-8,13H,2,5-6,9H2,1,3-4H3. The van der Waals surface area contributed by atoms with E-state index in [1.807, 2.05) is 14.0 Å². The minimum absolute atomic E-state index is 0.742. The Morgan fingerprint density at radius 2 is 2.25 bits per heavy atom. The summed E-state index contributed by atoms with van der Waals surface area (Å²) in [5.41, 5.74) is 2.09. The summed E-state index contributed by atoms with van der Waals surface area (Å²) >= 11 is 0. The van der Waals surface area contributed by atoms with Crippen molar-refractivity contribution in [1.82, 2.24) is 15.3 Å². The Kier molecular flexibility index (Phi) is 4.92. The van der Waals surface area contributed by atoms with Gasteiger partial charge in [0.1, 0.15) is 5.82 Å². The van der Waals surface area contributed by atoms with E-state index in [0.717, 1.165) is 36.7 Å². The van der Waals surface area contributed by atoms with E-state index in [0.29, 0.717) is 0 Å². The molecule has 0 aliphatic carbocycles. The first kappa shape index (κ1) is 12.6. The van der Waals surface area contributed by atoms with Crippen LogP contribution in [0.1, 0.15) is 19.5 Å². The zero-order valence-corrected chi connectivity index (χ0v) is 10.3. The molecule has 0 bridgehead atoms. The van der Waals surface area contributed by atoms with Crippen LogP contribution in [0.25, 0.3) is 0 Å². The van der Waals surface area contributed by atoms with Gasteiger partial charge in [0.2, 0.25) is 0 Å². The van der Waals surface area contributed by atoms with E-state index in [1.165, 1.54) is 0 Å². The predicted molar refractivity (Wildman–Crippen MR) is 67.5 cm³/mol. The molecule has 0 saturated carbocycles. The molecule has 16 heavy (non-hydrogen) atoms. The fourth-order valence-corrected chi connectivity index (χ4v) is 1.49. The number of nitrogens with one attached hydrogen (secondary N) is 1. The summed E-state index contributed by atoms with van der Waals surface area (Å²) in [5, 5.41) is 3.07. The first-order valence-electron chi connectivity index (χ1n) is 5.52. The lowest BCUT2D eigenvalue weighted by Gasteiger charge is -2.21. The van der Waals surface area contributed by atoms with Gasteiger partial charge in [0.25, 0.3) is 0 Å². The van der Waals surface area contributed by atoms with Crippen LogP contribution in [0.15, 0.2) is 24.5 Å². The summed E-state index contributed by atoms with van der Waals surface area (Å²) in [6.45, 7) is 10.5. The molecule has 0 aliphatic heterocycles. The van der Waals surface area contributed by atoms with Crippen LogP contribution in [0, 0.1) is 0 Å². The summed E-state index contributed by atoms with van der Waals surface area (Å²) in [6.07, 6.45) is 3.58. The molecule has 4 heteroatoms. The number of hydrogen-bond acceptors (Lipinski definition) is 4. The van der Waals surface area contributed by atoms with Crippen molar-refractivity contribution in [3.8, 4) is 0 Å². The van der Waals surface area contributed by atoms with Crippen LogP contribution in [0.3, 0.4) is 0 Å². The van der Waals surface area contributed by atoms with E-state index >= 15 is 0 Å². The van der Waals surface area contributed by atoms with E-state index in [-0.39, 0.29) is 0 Å². The molecular formula is C12H20N4. The quantitative estimate of drug-likeness (QED) is 0.739. The maximum atomic E-state index is 4.55. The van der Waals surface area contributed by atoms with Crippen molar-refractivity contribution in [1.29, 1.82) is 0 Å². The molecule has 1 N–H and O–H groups in total. The van der Waals surface area contributed by atoms with Gasteiger partial charge in [-0.25, -0.2) is 4.98 Å². The van der Waals surface area contributed by atoms with Gasteiger partial charge >= 0.3 is 0 Å². The highest BCUT2D eigenvalue weighted by molar-refractivity contribution is 5.37. The molecule has 1 aromatic heterocycles. The third kappa shape index (κ3) is 3.62. The summed E-state index contributed by atoms with van der Waals surface area (Å²) in [6, 6.07) is 0. The van der Waals surface area contributed by atoms with E-state index in [9.17, 15) is 0 Å². The second-order valence-electron chi connectivity index (χ2n) is 3.87. The molecule has 0 amide bonds. The summed E-state index contributed by atoms with van der Waals surface area (Å²) in [7, 11) is 1.90. The Labute approximate surface area is 97.4 Å². The number of likely N-dealkylation sites (N-methyl/N-ethyl adjacent to an activating group) is 1. The summed E-state index contributed by atoms with van der Waals surface area (Å²) in [5.74, 6) is 0.915. The number of hydrogen-bond donors (Lipinski definition) is 1. The second-order valence-corrected chi connectivity index (χ2v) is 3.87. The van der Waals surface area contributed by atoms with Crippen LogP contribution in [0.2, 0.25) is 0 Å². The monoisotopic (exact) mass is 220 g/mol. The van der Waals surface area contributed by atoms with Crippen molar-refractivity contribution in [2.45, 2.75) is 20.4 Å². The van der Waals surface area contributed by atoms with Gasteiger partial charge in [0, 0.05) is 25.8 Å². The fourth-order valence-electron chi connectivity index (χ4n) is 1.49. The molecular weight excluding hydrogens is 200 g/mol. The van der Waals surface area contributed by atoms with Gasteiger partial charge in [0.05, 0.1) is 11.9 Å². The molecule has 0 atom stereocenters. The zero-order chi connectivity index (χ0) is 12.0. The van der Waals surface area contributed by atoms with Gasteiger partial charge in [-0.15, -0.1) is 0 Å². The number of anilines is 1. The van der Waals surface area contributed by atoms with Crippen molar-refractivity contribution >= 4 is 5.82 Å². The maximum absolute atomic E-state index is 4.55. The molecule has 0 aliphatic rings. The average molecular weight is 220 g/mol. The lowest BCUT2D eigenvalue weighted by Crippen LogP contribution is -2.26.